The maximum absolute atomic E-state index is 11.6. The van der Waals surface area contributed by atoms with E-state index in [-0.39, 0.29) is 12.1 Å². The number of ether oxygens (including phenoxy) is 3. The molecule has 19 heavy (non-hydrogen) atoms. The summed E-state index contributed by atoms with van der Waals surface area (Å²) in [6.45, 7) is 1.46. The van der Waals surface area contributed by atoms with Crippen molar-refractivity contribution in [2.75, 3.05) is 26.6 Å². The second-order valence-electron chi connectivity index (χ2n) is 4.29. The smallest absolute Gasteiger partial charge is 0.337 e. The maximum Gasteiger partial charge on any atom is 0.337 e. The molecule has 0 aliphatic carbocycles. The topological polar surface area (TPSA) is 44.8 Å². The highest BCUT2D eigenvalue weighted by molar-refractivity contribution is 7.98. The van der Waals surface area contributed by atoms with Crippen molar-refractivity contribution in [1.29, 1.82) is 0 Å². The molecule has 1 aliphatic rings. The number of carbonyl (C=O) groups is 1. The molecule has 5 heteroatoms. The summed E-state index contributed by atoms with van der Waals surface area (Å²) in [6, 6.07) is 5.41. The van der Waals surface area contributed by atoms with Crippen molar-refractivity contribution in [2.24, 2.45) is 0 Å². The molecular formula is C14H18O4S. The van der Waals surface area contributed by atoms with Crippen LogP contribution >= 0.6 is 11.8 Å². The van der Waals surface area contributed by atoms with E-state index in [0.29, 0.717) is 5.56 Å². The second-order valence-corrected chi connectivity index (χ2v) is 5.13. The SMILES string of the molecule is COC(=O)c1ccc(SC)c(OC2CCOCC2)c1. The van der Waals surface area contributed by atoms with Crippen LogP contribution in [0.2, 0.25) is 0 Å². The molecule has 4 nitrogen and oxygen atoms in total. The van der Waals surface area contributed by atoms with Gasteiger partial charge in [-0.25, -0.2) is 4.79 Å². The third-order valence-corrected chi connectivity index (χ3v) is 3.82. The van der Waals surface area contributed by atoms with Gasteiger partial charge < -0.3 is 14.2 Å². The Bertz CT molecular complexity index is 441. The summed E-state index contributed by atoms with van der Waals surface area (Å²) in [7, 11) is 1.38. The van der Waals surface area contributed by atoms with Gasteiger partial charge in [0.15, 0.2) is 0 Å². The summed E-state index contributed by atoms with van der Waals surface area (Å²) >= 11 is 1.60. The minimum absolute atomic E-state index is 0.160. The zero-order valence-electron chi connectivity index (χ0n) is 11.2. The average molecular weight is 282 g/mol. The quantitative estimate of drug-likeness (QED) is 0.627. The van der Waals surface area contributed by atoms with Crippen LogP contribution in [0.5, 0.6) is 5.75 Å². The van der Waals surface area contributed by atoms with Gasteiger partial charge in [0.1, 0.15) is 11.9 Å². The molecule has 1 fully saturated rings. The fraction of sp³-hybridized carbons (Fsp3) is 0.500. The molecule has 0 N–H and O–H groups in total. The number of hydrogen-bond acceptors (Lipinski definition) is 5. The Morgan fingerprint density at radius 2 is 2.11 bits per heavy atom. The monoisotopic (exact) mass is 282 g/mol. The van der Waals surface area contributed by atoms with Gasteiger partial charge in [-0.15, -0.1) is 11.8 Å². The molecule has 0 spiro atoms. The largest absolute Gasteiger partial charge is 0.489 e. The Morgan fingerprint density at radius 3 is 2.74 bits per heavy atom. The molecule has 0 bridgehead atoms. The number of benzene rings is 1. The standard InChI is InChI=1S/C14H18O4S/c1-16-14(15)10-3-4-13(19-2)12(9-10)18-11-5-7-17-8-6-11/h3-4,9,11H,5-8H2,1-2H3. The van der Waals surface area contributed by atoms with Gasteiger partial charge in [0.05, 0.1) is 25.9 Å². The maximum atomic E-state index is 11.6. The molecule has 1 aromatic carbocycles. The van der Waals surface area contributed by atoms with E-state index in [9.17, 15) is 4.79 Å². The molecule has 2 rings (SSSR count). The zero-order chi connectivity index (χ0) is 13.7. The van der Waals surface area contributed by atoms with Gasteiger partial charge >= 0.3 is 5.97 Å². The molecule has 104 valence electrons. The number of carbonyl (C=O) groups excluding carboxylic acids is 1. The van der Waals surface area contributed by atoms with Crippen molar-refractivity contribution in [3.63, 3.8) is 0 Å². The fourth-order valence-electron chi connectivity index (χ4n) is 1.99. The van der Waals surface area contributed by atoms with Gasteiger partial charge in [-0.1, -0.05) is 0 Å². The summed E-state index contributed by atoms with van der Waals surface area (Å²) in [5.41, 5.74) is 0.516. The number of methoxy groups -OCH3 is 1. The number of esters is 1. The summed E-state index contributed by atoms with van der Waals surface area (Å²) < 4.78 is 16.1. The highest BCUT2D eigenvalue weighted by Crippen LogP contribution is 2.31. The van der Waals surface area contributed by atoms with Crippen LogP contribution in [0.4, 0.5) is 0 Å². The van der Waals surface area contributed by atoms with Crippen LogP contribution in [0.3, 0.4) is 0 Å². The lowest BCUT2D eigenvalue weighted by molar-refractivity contribution is 0.0243. The van der Waals surface area contributed by atoms with Crippen molar-refractivity contribution in [2.45, 2.75) is 23.8 Å². The van der Waals surface area contributed by atoms with Gasteiger partial charge in [0.2, 0.25) is 0 Å². The molecule has 1 aliphatic heterocycles. The lowest BCUT2D eigenvalue weighted by atomic mass is 10.1. The van der Waals surface area contributed by atoms with Gasteiger partial charge in [0, 0.05) is 17.7 Å². The molecule has 0 unspecified atom stereocenters. The van der Waals surface area contributed by atoms with Crippen LogP contribution in [-0.4, -0.2) is 38.7 Å². The Hall–Kier alpha value is -1.20. The summed E-state index contributed by atoms with van der Waals surface area (Å²) in [5.74, 6) is 0.409. The van der Waals surface area contributed by atoms with E-state index < -0.39 is 0 Å². The van der Waals surface area contributed by atoms with E-state index in [4.69, 9.17) is 14.2 Å². The van der Waals surface area contributed by atoms with Crippen LogP contribution in [0.25, 0.3) is 0 Å². The van der Waals surface area contributed by atoms with Gasteiger partial charge in [-0.05, 0) is 24.5 Å². The first-order valence-electron chi connectivity index (χ1n) is 6.25. The van der Waals surface area contributed by atoms with Crippen molar-refractivity contribution in [3.8, 4) is 5.75 Å². The Kier molecular flexibility index (Phi) is 5.10. The summed E-state index contributed by atoms with van der Waals surface area (Å²) in [4.78, 5) is 12.6. The molecule has 0 saturated carbocycles. The molecule has 1 saturated heterocycles. The van der Waals surface area contributed by atoms with E-state index in [0.717, 1.165) is 36.7 Å². The van der Waals surface area contributed by atoms with E-state index in [1.807, 2.05) is 12.3 Å². The van der Waals surface area contributed by atoms with Crippen LogP contribution in [0.15, 0.2) is 23.1 Å². The molecule has 0 radical (unpaired) electrons. The fourth-order valence-corrected chi connectivity index (χ4v) is 2.50. The van der Waals surface area contributed by atoms with Crippen molar-refractivity contribution >= 4 is 17.7 Å². The number of hydrogen-bond donors (Lipinski definition) is 0. The van der Waals surface area contributed by atoms with Gasteiger partial charge in [-0.2, -0.15) is 0 Å². The summed E-state index contributed by atoms with van der Waals surface area (Å²) in [5, 5.41) is 0. The predicted octanol–water partition coefficient (Wildman–Crippen LogP) is 2.75. The Balaban J connectivity index is 2.17. The van der Waals surface area contributed by atoms with Gasteiger partial charge in [0.25, 0.3) is 0 Å². The second kappa shape index (κ2) is 6.82. The molecule has 0 amide bonds. The number of thioether (sulfide) groups is 1. The van der Waals surface area contributed by atoms with Crippen molar-refractivity contribution < 1.29 is 19.0 Å². The van der Waals surface area contributed by atoms with E-state index in [2.05, 4.69) is 0 Å². The minimum atomic E-state index is -0.343. The normalized spacial score (nSPS) is 16.1. The Labute approximate surface area is 117 Å². The third-order valence-electron chi connectivity index (χ3n) is 3.05. The van der Waals surface area contributed by atoms with Crippen LogP contribution in [0.1, 0.15) is 23.2 Å². The van der Waals surface area contributed by atoms with Crippen LogP contribution in [0, 0.1) is 0 Å². The molecule has 0 atom stereocenters. The summed E-state index contributed by atoms with van der Waals surface area (Å²) in [6.07, 6.45) is 3.92. The highest BCUT2D eigenvalue weighted by Gasteiger charge is 2.18. The van der Waals surface area contributed by atoms with Crippen LogP contribution < -0.4 is 4.74 Å². The molecular weight excluding hydrogens is 264 g/mol. The van der Waals surface area contributed by atoms with Crippen molar-refractivity contribution in [3.05, 3.63) is 23.8 Å². The third kappa shape index (κ3) is 3.64. The lowest BCUT2D eigenvalue weighted by Crippen LogP contribution is -2.26. The molecule has 1 heterocycles. The van der Waals surface area contributed by atoms with E-state index >= 15 is 0 Å². The van der Waals surface area contributed by atoms with Gasteiger partial charge in [-0.3, -0.25) is 0 Å². The average Bonchev–Trinajstić information content (AvgIpc) is 2.47. The van der Waals surface area contributed by atoms with E-state index in [1.54, 1.807) is 23.9 Å². The molecule has 1 aromatic rings. The Morgan fingerprint density at radius 1 is 1.37 bits per heavy atom. The first-order valence-corrected chi connectivity index (χ1v) is 7.48. The lowest BCUT2D eigenvalue weighted by Gasteiger charge is -2.24. The first-order chi connectivity index (χ1) is 9.24. The van der Waals surface area contributed by atoms with Crippen LogP contribution in [-0.2, 0) is 9.47 Å². The first kappa shape index (κ1) is 14.2. The predicted molar refractivity (Wildman–Crippen MR) is 74.0 cm³/mol. The minimum Gasteiger partial charge on any atom is -0.489 e. The van der Waals surface area contributed by atoms with E-state index in [1.165, 1.54) is 7.11 Å². The molecule has 0 aromatic heterocycles. The highest BCUT2D eigenvalue weighted by atomic mass is 32.2. The number of rotatable bonds is 4. The van der Waals surface area contributed by atoms with Crippen molar-refractivity contribution in [1.82, 2.24) is 0 Å². The zero-order valence-corrected chi connectivity index (χ0v) is 12.0.